The number of halogens is 1. The van der Waals surface area contributed by atoms with E-state index in [-0.39, 0.29) is 12.3 Å². The van der Waals surface area contributed by atoms with Gasteiger partial charge in [-0.1, -0.05) is 17.7 Å². The molecule has 0 radical (unpaired) electrons. The largest absolute Gasteiger partial charge is 0.481 e. The second-order valence-electron chi connectivity index (χ2n) is 5.47. The summed E-state index contributed by atoms with van der Waals surface area (Å²) in [5.41, 5.74) is 2.77. The van der Waals surface area contributed by atoms with E-state index in [1.165, 1.54) is 11.3 Å². The van der Waals surface area contributed by atoms with E-state index in [0.29, 0.717) is 5.02 Å². The molecule has 4 nitrogen and oxygen atoms in total. The summed E-state index contributed by atoms with van der Waals surface area (Å²) >= 11 is 7.81. The number of thiazole rings is 1. The molecule has 0 amide bonds. The van der Waals surface area contributed by atoms with E-state index in [0.717, 1.165) is 26.6 Å². The number of aromatic nitrogens is 2. The van der Waals surface area contributed by atoms with Crippen LogP contribution in [0.1, 0.15) is 27.8 Å². The van der Waals surface area contributed by atoms with E-state index >= 15 is 0 Å². The van der Waals surface area contributed by atoms with Gasteiger partial charge in [0.2, 0.25) is 0 Å². The average molecular weight is 359 g/mol. The molecule has 0 aliphatic heterocycles. The fourth-order valence-corrected chi connectivity index (χ4v) is 3.73. The van der Waals surface area contributed by atoms with Crippen LogP contribution in [0.15, 0.2) is 48.9 Å². The van der Waals surface area contributed by atoms with Crippen molar-refractivity contribution in [3.8, 4) is 11.1 Å². The lowest BCUT2D eigenvalue weighted by atomic mass is 9.93. The minimum absolute atomic E-state index is 0.0247. The van der Waals surface area contributed by atoms with E-state index in [1.54, 1.807) is 18.6 Å². The molecule has 2 heterocycles. The second kappa shape index (κ2) is 7.11. The molecule has 3 rings (SSSR count). The lowest BCUT2D eigenvalue weighted by Crippen LogP contribution is -2.08. The van der Waals surface area contributed by atoms with Crippen LogP contribution in [0, 0.1) is 6.92 Å². The molecule has 0 bridgehead atoms. The van der Waals surface area contributed by atoms with Gasteiger partial charge in [0.05, 0.1) is 6.42 Å². The zero-order valence-corrected chi connectivity index (χ0v) is 14.5. The van der Waals surface area contributed by atoms with Gasteiger partial charge in [0.1, 0.15) is 5.01 Å². The van der Waals surface area contributed by atoms with Gasteiger partial charge in [-0.05, 0) is 47.9 Å². The van der Waals surface area contributed by atoms with Gasteiger partial charge in [0.25, 0.3) is 0 Å². The number of carboxylic acids is 1. The van der Waals surface area contributed by atoms with Crippen molar-refractivity contribution in [2.24, 2.45) is 0 Å². The predicted octanol–water partition coefficient (Wildman–Crippen LogP) is 4.77. The van der Waals surface area contributed by atoms with E-state index < -0.39 is 5.97 Å². The Morgan fingerprint density at radius 3 is 2.62 bits per heavy atom. The van der Waals surface area contributed by atoms with Crippen LogP contribution in [-0.2, 0) is 4.79 Å². The molecular weight excluding hydrogens is 344 g/mol. The fourth-order valence-electron chi connectivity index (χ4n) is 2.58. The maximum Gasteiger partial charge on any atom is 0.304 e. The van der Waals surface area contributed by atoms with Crippen LogP contribution in [-0.4, -0.2) is 21.0 Å². The first-order chi connectivity index (χ1) is 11.5. The molecule has 1 atom stereocenters. The topological polar surface area (TPSA) is 63.1 Å². The van der Waals surface area contributed by atoms with Crippen LogP contribution in [0.3, 0.4) is 0 Å². The van der Waals surface area contributed by atoms with Gasteiger partial charge in [-0.15, -0.1) is 11.3 Å². The molecule has 24 heavy (non-hydrogen) atoms. The van der Waals surface area contributed by atoms with Crippen molar-refractivity contribution in [2.45, 2.75) is 19.3 Å². The third-order valence-corrected chi connectivity index (χ3v) is 4.90. The van der Waals surface area contributed by atoms with Crippen LogP contribution >= 0.6 is 22.9 Å². The van der Waals surface area contributed by atoms with Crippen LogP contribution in [0.25, 0.3) is 11.1 Å². The Morgan fingerprint density at radius 1 is 1.25 bits per heavy atom. The smallest absolute Gasteiger partial charge is 0.304 e. The van der Waals surface area contributed by atoms with Crippen molar-refractivity contribution in [2.75, 3.05) is 0 Å². The monoisotopic (exact) mass is 358 g/mol. The lowest BCUT2D eigenvalue weighted by molar-refractivity contribution is -0.137. The van der Waals surface area contributed by atoms with Gasteiger partial charge in [0, 0.05) is 34.4 Å². The Kier molecular flexibility index (Phi) is 4.92. The first kappa shape index (κ1) is 16.6. The molecule has 0 aliphatic rings. The summed E-state index contributed by atoms with van der Waals surface area (Å²) in [6.07, 6.45) is 5.18. The number of carbonyl (C=O) groups is 1. The highest BCUT2D eigenvalue weighted by Gasteiger charge is 2.22. The Bertz CT molecular complexity index is 864. The molecule has 0 aliphatic carbocycles. The molecule has 0 saturated heterocycles. The summed E-state index contributed by atoms with van der Waals surface area (Å²) in [4.78, 5) is 20.8. The summed E-state index contributed by atoms with van der Waals surface area (Å²) in [6.45, 7) is 1.96. The van der Waals surface area contributed by atoms with Gasteiger partial charge in [0.15, 0.2) is 0 Å². The van der Waals surface area contributed by atoms with Gasteiger partial charge in [-0.25, -0.2) is 4.98 Å². The number of carboxylic acid groups (broad SMARTS) is 1. The molecule has 0 saturated carbocycles. The number of hydrogen-bond acceptors (Lipinski definition) is 4. The quantitative estimate of drug-likeness (QED) is 0.713. The van der Waals surface area contributed by atoms with Crippen molar-refractivity contribution in [1.82, 2.24) is 9.97 Å². The number of aliphatic carboxylic acids is 1. The Morgan fingerprint density at radius 2 is 2.00 bits per heavy atom. The summed E-state index contributed by atoms with van der Waals surface area (Å²) in [5.74, 6) is -1.18. The first-order valence-corrected chi connectivity index (χ1v) is 8.57. The fraction of sp³-hybridized carbons (Fsp3) is 0.167. The molecule has 6 heteroatoms. The zero-order chi connectivity index (χ0) is 17.1. The molecule has 0 spiro atoms. The van der Waals surface area contributed by atoms with Crippen LogP contribution in [0.2, 0.25) is 5.02 Å². The third-order valence-electron chi connectivity index (χ3n) is 3.65. The van der Waals surface area contributed by atoms with E-state index in [1.807, 2.05) is 37.3 Å². The molecule has 1 aromatic carbocycles. The first-order valence-electron chi connectivity index (χ1n) is 7.38. The lowest BCUT2D eigenvalue weighted by Gasteiger charge is -2.15. The third kappa shape index (κ3) is 3.80. The summed E-state index contributed by atoms with van der Waals surface area (Å²) in [5, 5.41) is 10.7. The predicted molar refractivity (Wildman–Crippen MR) is 95.6 cm³/mol. The minimum Gasteiger partial charge on any atom is -0.481 e. The Hall–Kier alpha value is -2.24. The highest BCUT2D eigenvalue weighted by molar-refractivity contribution is 7.11. The molecule has 3 aromatic rings. The number of hydrogen-bond donors (Lipinski definition) is 1. The standard InChI is InChI=1S/C18H15ClN2O2S/c1-11-10-21-18(24-11)16(9-17(22)23)14-6-13(7-15(19)8-14)12-2-4-20-5-3-12/h2-8,10,16H,9H2,1H3,(H,22,23). The van der Waals surface area contributed by atoms with E-state index in [9.17, 15) is 9.90 Å². The van der Waals surface area contributed by atoms with Gasteiger partial charge in [-0.2, -0.15) is 0 Å². The van der Waals surface area contributed by atoms with Crippen LogP contribution in [0.5, 0.6) is 0 Å². The maximum atomic E-state index is 11.3. The SMILES string of the molecule is Cc1cnc(C(CC(=O)O)c2cc(Cl)cc(-c3ccncc3)c2)s1. The second-order valence-corrected chi connectivity index (χ2v) is 7.17. The van der Waals surface area contributed by atoms with Crippen molar-refractivity contribution in [1.29, 1.82) is 0 Å². The molecular formula is C18H15ClN2O2S. The number of nitrogens with zero attached hydrogens (tertiary/aromatic N) is 2. The molecule has 1 unspecified atom stereocenters. The number of pyridine rings is 1. The van der Waals surface area contributed by atoms with Crippen molar-refractivity contribution in [3.05, 3.63) is 69.4 Å². The number of aryl methyl sites for hydroxylation is 1. The molecule has 0 fully saturated rings. The van der Waals surface area contributed by atoms with Crippen molar-refractivity contribution >= 4 is 28.9 Å². The van der Waals surface area contributed by atoms with Gasteiger partial charge >= 0.3 is 5.97 Å². The highest BCUT2D eigenvalue weighted by Crippen LogP contribution is 2.35. The van der Waals surface area contributed by atoms with Crippen LogP contribution in [0.4, 0.5) is 0 Å². The minimum atomic E-state index is -0.863. The molecule has 1 N–H and O–H groups in total. The van der Waals surface area contributed by atoms with E-state index in [2.05, 4.69) is 9.97 Å². The normalized spacial score (nSPS) is 12.1. The highest BCUT2D eigenvalue weighted by atomic mass is 35.5. The Labute approximate surface area is 148 Å². The van der Waals surface area contributed by atoms with Gasteiger partial charge in [-0.3, -0.25) is 9.78 Å². The average Bonchev–Trinajstić information content (AvgIpc) is 2.99. The molecule has 122 valence electrons. The zero-order valence-electron chi connectivity index (χ0n) is 12.9. The number of rotatable bonds is 5. The van der Waals surface area contributed by atoms with Crippen molar-refractivity contribution < 1.29 is 9.90 Å². The summed E-state index contributed by atoms with van der Waals surface area (Å²) in [7, 11) is 0. The van der Waals surface area contributed by atoms with Crippen molar-refractivity contribution in [3.63, 3.8) is 0 Å². The van der Waals surface area contributed by atoms with E-state index in [4.69, 9.17) is 11.6 Å². The van der Waals surface area contributed by atoms with Gasteiger partial charge < -0.3 is 5.11 Å². The maximum absolute atomic E-state index is 11.3. The summed E-state index contributed by atoms with van der Waals surface area (Å²) < 4.78 is 0. The van der Waals surface area contributed by atoms with Crippen LogP contribution < -0.4 is 0 Å². The summed E-state index contributed by atoms with van der Waals surface area (Å²) in [6, 6.07) is 9.46. The Balaban J connectivity index is 2.07. The number of benzene rings is 1. The molecule has 2 aromatic heterocycles.